The van der Waals surface area contributed by atoms with E-state index in [1.54, 1.807) is 24.3 Å². The zero-order valence-electron chi connectivity index (χ0n) is 11.6. The highest BCUT2D eigenvalue weighted by atomic mass is 16.5. The summed E-state index contributed by atoms with van der Waals surface area (Å²) in [5.41, 5.74) is 5.75. The average Bonchev–Trinajstić information content (AvgIpc) is 2.53. The zero-order valence-corrected chi connectivity index (χ0v) is 11.6. The lowest BCUT2D eigenvalue weighted by Crippen LogP contribution is -2.10. The molecule has 110 valence electrons. The van der Waals surface area contributed by atoms with Crippen LogP contribution in [0.15, 0.2) is 42.6 Å². The summed E-state index contributed by atoms with van der Waals surface area (Å²) in [6.07, 6.45) is 1.40. The summed E-state index contributed by atoms with van der Waals surface area (Å²) in [7, 11) is 1.32. The van der Waals surface area contributed by atoms with Crippen LogP contribution in [0.1, 0.15) is 10.4 Å². The Labute approximate surface area is 122 Å². The molecule has 0 aliphatic rings. The third-order valence-corrected chi connectivity index (χ3v) is 2.57. The van der Waals surface area contributed by atoms with Crippen LogP contribution < -0.4 is 15.2 Å². The SMILES string of the molecule is COC(=O)c1ccc(Oc2cccc(OCCN)c2)nc1. The van der Waals surface area contributed by atoms with E-state index in [1.807, 2.05) is 12.1 Å². The number of benzene rings is 1. The quantitative estimate of drug-likeness (QED) is 0.818. The van der Waals surface area contributed by atoms with Crippen LogP contribution in [0.3, 0.4) is 0 Å². The number of carbonyl (C=O) groups excluding carboxylic acids is 1. The van der Waals surface area contributed by atoms with E-state index in [0.717, 1.165) is 0 Å². The van der Waals surface area contributed by atoms with Crippen LogP contribution in [0.5, 0.6) is 17.4 Å². The predicted molar refractivity (Wildman–Crippen MR) is 76.6 cm³/mol. The molecule has 0 fully saturated rings. The summed E-state index contributed by atoms with van der Waals surface area (Å²) in [5.74, 6) is 1.19. The van der Waals surface area contributed by atoms with Gasteiger partial charge in [-0.25, -0.2) is 9.78 Å². The summed E-state index contributed by atoms with van der Waals surface area (Å²) >= 11 is 0. The molecule has 6 nitrogen and oxygen atoms in total. The van der Waals surface area contributed by atoms with Gasteiger partial charge >= 0.3 is 5.97 Å². The molecule has 1 aromatic carbocycles. The van der Waals surface area contributed by atoms with Crippen LogP contribution in [0.2, 0.25) is 0 Å². The van der Waals surface area contributed by atoms with Crippen molar-refractivity contribution in [3.05, 3.63) is 48.2 Å². The maximum Gasteiger partial charge on any atom is 0.339 e. The van der Waals surface area contributed by atoms with Crippen molar-refractivity contribution >= 4 is 5.97 Å². The molecule has 0 saturated carbocycles. The van der Waals surface area contributed by atoms with E-state index in [9.17, 15) is 4.79 Å². The fourth-order valence-corrected chi connectivity index (χ4v) is 1.60. The second-order valence-corrected chi connectivity index (χ2v) is 4.09. The summed E-state index contributed by atoms with van der Waals surface area (Å²) in [4.78, 5) is 15.3. The first kappa shape index (κ1) is 14.8. The summed E-state index contributed by atoms with van der Waals surface area (Å²) in [5, 5.41) is 0. The van der Waals surface area contributed by atoms with Crippen molar-refractivity contribution in [3.8, 4) is 17.4 Å². The zero-order chi connectivity index (χ0) is 15.1. The van der Waals surface area contributed by atoms with Gasteiger partial charge in [0.05, 0.1) is 12.7 Å². The van der Waals surface area contributed by atoms with Crippen molar-refractivity contribution in [2.24, 2.45) is 5.73 Å². The second kappa shape index (κ2) is 7.25. The highest BCUT2D eigenvalue weighted by molar-refractivity contribution is 5.88. The maximum absolute atomic E-state index is 11.3. The molecular weight excluding hydrogens is 272 g/mol. The van der Waals surface area contributed by atoms with Crippen LogP contribution in [0, 0.1) is 0 Å². The van der Waals surface area contributed by atoms with Crippen molar-refractivity contribution < 1.29 is 19.0 Å². The molecular formula is C15H16N2O4. The minimum absolute atomic E-state index is 0.366. The Morgan fingerprint density at radius 2 is 2.05 bits per heavy atom. The Balaban J connectivity index is 2.05. The lowest BCUT2D eigenvalue weighted by Gasteiger charge is -2.08. The minimum Gasteiger partial charge on any atom is -0.492 e. The number of nitrogens with zero attached hydrogens (tertiary/aromatic N) is 1. The van der Waals surface area contributed by atoms with Gasteiger partial charge in [-0.1, -0.05) is 6.07 Å². The third-order valence-electron chi connectivity index (χ3n) is 2.57. The van der Waals surface area contributed by atoms with Crippen molar-refractivity contribution in [2.45, 2.75) is 0 Å². The third kappa shape index (κ3) is 4.19. The fraction of sp³-hybridized carbons (Fsp3) is 0.200. The molecule has 2 rings (SSSR count). The Hall–Kier alpha value is -2.60. The minimum atomic E-state index is -0.439. The molecule has 0 radical (unpaired) electrons. The first-order valence-corrected chi connectivity index (χ1v) is 6.38. The van der Waals surface area contributed by atoms with Gasteiger partial charge in [-0.15, -0.1) is 0 Å². The number of carbonyl (C=O) groups is 1. The Bertz CT molecular complexity index is 599. The van der Waals surface area contributed by atoms with E-state index < -0.39 is 5.97 Å². The molecule has 2 N–H and O–H groups in total. The molecule has 1 heterocycles. The van der Waals surface area contributed by atoms with Crippen molar-refractivity contribution in [1.82, 2.24) is 4.98 Å². The summed E-state index contributed by atoms with van der Waals surface area (Å²) < 4.78 is 15.6. The number of esters is 1. The van der Waals surface area contributed by atoms with Crippen molar-refractivity contribution in [3.63, 3.8) is 0 Å². The fourth-order valence-electron chi connectivity index (χ4n) is 1.60. The van der Waals surface area contributed by atoms with Gasteiger partial charge in [0.1, 0.15) is 18.1 Å². The van der Waals surface area contributed by atoms with E-state index in [2.05, 4.69) is 9.72 Å². The van der Waals surface area contributed by atoms with Gasteiger partial charge in [-0.05, 0) is 18.2 Å². The number of methoxy groups -OCH3 is 1. The standard InChI is InChI=1S/C15H16N2O4/c1-19-15(18)11-5-6-14(17-10-11)21-13-4-2-3-12(9-13)20-8-7-16/h2-6,9-10H,7-8,16H2,1H3. The van der Waals surface area contributed by atoms with Gasteiger partial charge < -0.3 is 19.9 Å². The van der Waals surface area contributed by atoms with Crippen LogP contribution in [0.4, 0.5) is 0 Å². The molecule has 0 unspecified atom stereocenters. The number of pyridine rings is 1. The topological polar surface area (TPSA) is 83.7 Å². The van der Waals surface area contributed by atoms with Gasteiger partial charge in [0, 0.05) is 24.9 Å². The maximum atomic E-state index is 11.3. The average molecular weight is 288 g/mol. The Morgan fingerprint density at radius 3 is 2.71 bits per heavy atom. The van der Waals surface area contributed by atoms with E-state index in [0.29, 0.717) is 36.1 Å². The largest absolute Gasteiger partial charge is 0.492 e. The number of hydrogen-bond acceptors (Lipinski definition) is 6. The molecule has 0 bridgehead atoms. The predicted octanol–water partition coefficient (Wildman–Crippen LogP) is 2.00. The van der Waals surface area contributed by atoms with Gasteiger partial charge in [-0.2, -0.15) is 0 Å². The van der Waals surface area contributed by atoms with E-state index in [4.69, 9.17) is 15.2 Å². The number of ether oxygens (including phenoxy) is 3. The number of nitrogens with two attached hydrogens (primary N) is 1. The molecule has 0 amide bonds. The lowest BCUT2D eigenvalue weighted by molar-refractivity contribution is 0.0600. The number of rotatable bonds is 6. The Kier molecular flexibility index (Phi) is 5.11. The molecule has 0 aliphatic heterocycles. The highest BCUT2D eigenvalue weighted by Crippen LogP contribution is 2.24. The van der Waals surface area contributed by atoms with Crippen LogP contribution >= 0.6 is 0 Å². The van der Waals surface area contributed by atoms with Crippen LogP contribution in [-0.2, 0) is 4.74 Å². The van der Waals surface area contributed by atoms with E-state index in [1.165, 1.54) is 13.3 Å². The number of aromatic nitrogens is 1. The monoisotopic (exact) mass is 288 g/mol. The molecule has 1 aromatic heterocycles. The first-order chi connectivity index (χ1) is 10.2. The highest BCUT2D eigenvalue weighted by Gasteiger charge is 2.06. The molecule has 0 spiro atoms. The first-order valence-electron chi connectivity index (χ1n) is 6.38. The van der Waals surface area contributed by atoms with Crippen LogP contribution in [0.25, 0.3) is 0 Å². The molecule has 0 saturated heterocycles. The van der Waals surface area contributed by atoms with Gasteiger partial charge in [0.2, 0.25) is 5.88 Å². The molecule has 0 atom stereocenters. The van der Waals surface area contributed by atoms with E-state index in [-0.39, 0.29) is 0 Å². The summed E-state index contributed by atoms with van der Waals surface area (Å²) in [6, 6.07) is 10.3. The van der Waals surface area contributed by atoms with E-state index >= 15 is 0 Å². The van der Waals surface area contributed by atoms with Gasteiger partial charge in [0.25, 0.3) is 0 Å². The van der Waals surface area contributed by atoms with Gasteiger partial charge in [0.15, 0.2) is 0 Å². The summed E-state index contributed by atoms with van der Waals surface area (Å²) in [6.45, 7) is 0.886. The Morgan fingerprint density at radius 1 is 1.24 bits per heavy atom. The second-order valence-electron chi connectivity index (χ2n) is 4.09. The normalized spacial score (nSPS) is 10.0. The molecule has 0 aliphatic carbocycles. The van der Waals surface area contributed by atoms with Crippen molar-refractivity contribution in [2.75, 3.05) is 20.3 Å². The van der Waals surface area contributed by atoms with Crippen LogP contribution in [-0.4, -0.2) is 31.2 Å². The molecule has 6 heteroatoms. The number of hydrogen-bond donors (Lipinski definition) is 1. The lowest BCUT2D eigenvalue weighted by atomic mass is 10.3. The smallest absolute Gasteiger partial charge is 0.339 e. The van der Waals surface area contributed by atoms with Gasteiger partial charge in [-0.3, -0.25) is 0 Å². The van der Waals surface area contributed by atoms with Crippen molar-refractivity contribution in [1.29, 1.82) is 0 Å². The molecule has 2 aromatic rings. The molecule has 21 heavy (non-hydrogen) atoms.